The zero-order chi connectivity index (χ0) is 28.5. The van der Waals surface area contributed by atoms with Crippen LogP contribution in [0.1, 0.15) is 66.4 Å². The van der Waals surface area contributed by atoms with Gasteiger partial charge in [0.15, 0.2) is 0 Å². The molecule has 0 radical (unpaired) electrons. The third-order valence-electron chi connectivity index (χ3n) is 6.12. The predicted octanol–water partition coefficient (Wildman–Crippen LogP) is 2.67. The number of carbonyl (C=O) groups is 3. The first kappa shape index (κ1) is 31.9. The van der Waals surface area contributed by atoms with Crippen molar-refractivity contribution in [1.82, 2.24) is 20.9 Å². The number of rotatable bonds is 10. The molecule has 0 aromatic heterocycles. The largest absolute Gasteiger partial charge is 0.444 e. The summed E-state index contributed by atoms with van der Waals surface area (Å²) < 4.78 is 5.28. The molecule has 0 aliphatic carbocycles. The summed E-state index contributed by atoms with van der Waals surface area (Å²) in [6.45, 7) is 12.0. The summed E-state index contributed by atoms with van der Waals surface area (Å²) in [6, 6.07) is 7.63. The van der Waals surface area contributed by atoms with Gasteiger partial charge in [0.1, 0.15) is 11.6 Å². The molecule has 1 aromatic rings. The highest BCUT2D eigenvalue weighted by atomic mass is 32.1. The molecule has 1 aliphatic heterocycles. The van der Waals surface area contributed by atoms with E-state index in [1.54, 1.807) is 20.8 Å². The Morgan fingerprint density at radius 1 is 1.08 bits per heavy atom. The van der Waals surface area contributed by atoms with E-state index in [0.717, 1.165) is 18.4 Å². The van der Waals surface area contributed by atoms with Gasteiger partial charge in [0.2, 0.25) is 11.8 Å². The first-order valence-electron chi connectivity index (χ1n) is 13.4. The molecule has 0 saturated carbocycles. The van der Waals surface area contributed by atoms with Gasteiger partial charge in [-0.15, -0.1) is 0 Å². The lowest BCUT2D eigenvalue weighted by molar-refractivity contribution is -0.130. The van der Waals surface area contributed by atoms with Crippen LogP contribution in [0.2, 0.25) is 0 Å². The number of β-amino-alcohol motifs (C(OH)–C–C–N with tert-alkyl or cyclic N) is 1. The van der Waals surface area contributed by atoms with Crippen molar-refractivity contribution in [3.05, 3.63) is 35.9 Å². The number of nitrogens with one attached hydrogen (secondary N) is 3. The molecule has 0 bridgehead atoms. The second-order valence-corrected chi connectivity index (χ2v) is 12.4. The van der Waals surface area contributed by atoms with Crippen molar-refractivity contribution in [2.45, 2.75) is 103 Å². The number of aliphatic hydroxyl groups is 1. The Morgan fingerprint density at radius 2 is 1.74 bits per heavy atom. The zero-order valence-corrected chi connectivity index (χ0v) is 24.5. The Morgan fingerprint density at radius 3 is 2.32 bits per heavy atom. The minimum absolute atomic E-state index is 0.0512. The molecule has 214 valence electrons. The number of ether oxygens (including phenoxy) is 1. The fourth-order valence-corrected chi connectivity index (χ4v) is 4.66. The van der Waals surface area contributed by atoms with Gasteiger partial charge < -0.3 is 25.8 Å². The Kier molecular flexibility index (Phi) is 11.9. The molecule has 1 heterocycles. The maximum atomic E-state index is 13.2. The number of likely N-dealkylation sites (tertiary alicyclic amines) is 1. The maximum Gasteiger partial charge on any atom is 0.408 e. The summed E-state index contributed by atoms with van der Waals surface area (Å²) in [5.41, 5.74) is -0.121. The average Bonchev–Trinajstić information content (AvgIpc) is 2.80. The number of hydrogen-bond donors (Lipinski definition) is 5. The number of hydrogen-bond acceptors (Lipinski definition) is 7. The van der Waals surface area contributed by atoms with Crippen LogP contribution in [0.4, 0.5) is 4.79 Å². The molecule has 38 heavy (non-hydrogen) atoms. The third kappa shape index (κ3) is 11.2. The average molecular weight is 551 g/mol. The number of aliphatic hydroxyl groups excluding tert-OH is 1. The minimum Gasteiger partial charge on any atom is -0.444 e. The van der Waals surface area contributed by atoms with Crippen LogP contribution in [-0.2, 0) is 20.7 Å². The van der Waals surface area contributed by atoms with Crippen molar-refractivity contribution >= 4 is 30.5 Å². The van der Waals surface area contributed by atoms with Gasteiger partial charge in [-0.1, -0.05) is 36.8 Å². The summed E-state index contributed by atoms with van der Waals surface area (Å²) in [6.07, 6.45) is 1.30. The molecule has 0 spiro atoms. The number of benzene rings is 1. The zero-order valence-electron chi connectivity index (χ0n) is 23.6. The van der Waals surface area contributed by atoms with E-state index in [-0.39, 0.29) is 29.8 Å². The molecular weight excluding hydrogens is 504 g/mol. The van der Waals surface area contributed by atoms with Gasteiger partial charge >= 0.3 is 6.09 Å². The normalized spacial score (nSPS) is 19.1. The SMILES string of the molecule is CC(C)(C)NC(=O)[C@@H]1CCCCN1C[C@@H](O)[C@H](Cc1ccccc1)NC(=O)[C@H](CS)NC(=O)OC(C)(C)C. The highest BCUT2D eigenvalue weighted by Gasteiger charge is 2.34. The van der Waals surface area contributed by atoms with Gasteiger partial charge in [-0.25, -0.2) is 4.79 Å². The van der Waals surface area contributed by atoms with Crippen LogP contribution >= 0.6 is 12.6 Å². The third-order valence-corrected chi connectivity index (χ3v) is 6.48. The summed E-state index contributed by atoms with van der Waals surface area (Å²) in [5, 5.41) is 19.9. The van der Waals surface area contributed by atoms with Gasteiger partial charge in [0.05, 0.1) is 18.2 Å². The van der Waals surface area contributed by atoms with Crippen LogP contribution in [0.5, 0.6) is 0 Å². The van der Waals surface area contributed by atoms with E-state index >= 15 is 0 Å². The molecule has 1 aromatic carbocycles. The van der Waals surface area contributed by atoms with E-state index < -0.39 is 35.8 Å². The molecular formula is C28H46N4O5S. The topological polar surface area (TPSA) is 120 Å². The van der Waals surface area contributed by atoms with Crippen LogP contribution in [0.15, 0.2) is 30.3 Å². The van der Waals surface area contributed by atoms with E-state index in [1.807, 2.05) is 56.0 Å². The van der Waals surface area contributed by atoms with E-state index in [0.29, 0.717) is 19.4 Å². The van der Waals surface area contributed by atoms with Crippen molar-refractivity contribution in [3.63, 3.8) is 0 Å². The minimum atomic E-state index is -0.954. The van der Waals surface area contributed by atoms with Gasteiger partial charge in [-0.05, 0) is 72.9 Å². The number of carbonyl (C=O) groups excluding carboxylic acids is 3. The lowest BCUT2D eigenvalue weighted by atomic mass is 9.96. The van der Waals surface area contributed by atoms with E-state index in [9.17, 15) is 19.5 Å². The Hall–Kier alpha value is -2.30. The molecule has 4 N–H and O–H groups in total. The molecule has 2 rings (SSSR count). The number of piperidine rings is 1. The highest BCUT2D eigenvalue weighted by molar-refractivity contribution is 7.80. The van der Waals surface area contributed by atoms with E-state index in [4.69, 9.17) is 4.74 Å². The van der Waals surface area contributed by atoms with Gasteiger partial charge in [0.25, 0.3) is 0 Å². The molecule has 10 heteroatoms. The standard InChI is InChI=1S/C28H46N4O5S/c1-27(2,3)31-25(35)22-14-10-11-15-32(22)17-23(33)20(16-19-12-8-7-9-13-19)29-24(34)21(18-38)30-26(36)37-28(4,5)6/h7-9,12-13,20-23,33,38H,10-11,14-18H2,1-6H3,(H,29,34)(H,30,36)(H,31,35)/t20-,21-,22-,23+/m0/s1. The van der Waals surface area contributed by atoms with Crippen molar-refractivity contribution in [3.8, 4) is 0 Å². The second-order valence-electron chi connectivity index (χ2n) is 12.0. The van der Waals surface area contributed by atoms with Crippen molar-refractivity contribution in [1.29, 1.82) is 0 Å². The van der Waals surface area contributed by atoms with Crippen LogP contribution in [0, 0.1) is 0 Å². The number of alkyl carbamates (subject to hydrolysis) is 1. The maximum absolute atomic E-state index is 13.2. The molecule has 9 nitrogen and oxygen atoms in total. The highest BCUT2D eigenvalue weighted by Crippen LogP contribution is 2.20. The molecule has 1 saturated heterocycles. The molecule has 4 atom stereocenters. The quantitative estimate of drug-likeness (QED) is 0.286. The van der Waals surface area contributed by atoms with Gasteiger partial charge in [-0.3, -0.25) is 14.5 Å². The smallest absolute Gasteiger partial charge is 0.408 e. The van der Waals surface area contributed by atoms with Crippen LogP contribution in [0.25, 0.3) is 0 Å². The summed E-state index contributed by atoms with van der Waals surface area (Å²) in [5.74, 6) is -0.461. The summed E-state index contributed by atoms with van der Waals surface area (Å²) >= 11 is 4.24. The Bertz CT molecular complexity index is 916. The molecule has 0 unspecified atom stereocenters. The molecule has 1 fully saturated rings. The fourth-order valence-electron chi connectivity index (χ4n) is 4.41. The van der Waals surface area contributed by atoms with Crippen molar-refractivity contribution < 1.29 is 24.2 Å². The summed E-state index contributed by atoms with van der Waals surface area (Å²) in [4.78, 5) is 40.5. The van der Waals surface area contributed by atoms with E-state index in [2.05, 4.69) is 28.6 Å². The van der Waals surface area contributed by atoms with E-state index in [1.165, 1.54) is 0 Å². The summed E-state index contributed by atoms with van der Waals surface area (Å²) in [7, 11) is 0. The van der Waals surface area contributed by atoms with Crippen LogP contribution in [0.3, 0.4) is 0 Å². The van der Waals surface area contributed by atoms with Crippen molar-refractivity contribution in [2.24, 2.45) is 0 Å². The first-order valence-corrected chi connectivity index (χ1v) is 14.0. The molecule has 1 aliphatic rings. The Balaban J connectivity index is 2.17. The van der Waals surface area contributed by atoms with Gasteiger partial charge in [0, 0.05) is 17.8 Å². The Labute approximate surface area is 232 Å². The monoisotopic (exact) mass is 550 g/mol. The number of amides is 3. The second kappa shape index (κ2) is 14.2. The fraction of sp³-hybridized carbons (Fsp3) is 0.679. The number of nitrogens with zero attached hydrogens (tertiary/aromatic N) is 1. The predicted molar refractivity (Wildman–Crippen MR) is 152 cm³/mol. The first-order chi connectivity index (χ1) is 17.7. The lowest BCUT2D eigenvalue weighted by Crippen LogP contribution is -2.59. The lowest BCUT2D eigenvalue weighted by Gasteiger charge is -2.39. The van der Waals surface area contributed by atoms with Crippen molar-refractivity contribution in [2.75, 3.05) is 18.8 Å². The number of thiol groups is 1. The van der Waals surface area contributed by atoms with Crippen LogP contribution in [-0.4, -0.2) is 82.1 Å². The molecule has 3 amide bonds. The van der Waals surface area contributed by atoms with Gasteiger partial charge in [-0.2, -0.15) is 12.6 Å². The van der Waals surface area contributed by atoms with Crippen LogP contribution < -0.4 is 16.0 Å².